The first-order valence-corrected chi connectivity index (χ1v) is 5.51. The van der Waals surface area contributed by atoms with Crippen LogP contribution in [0.4, 0.5) is 19.0 Å². The molecular weight excluding hydrogens is 275 g/mol. The molecule has 0 fully saturated rings. The summed E-state index contributed by atoms with van der Waals surface area (Å²) in [4.78, 5) is 10.6. The number of aliphatic carboxylic acids is 1. The van der Waals surface area contributed by atoms with Gasteiger partial charge in [0, 0.05) is 5.56 Å². The predicted molar refractivity (Wildman–Crippen MR) is 64.3 cm³/mol. The third-order valence-corrected chi connectivity index (χ3v) is 2.67. The molecule has 2 rings (SSSR count). The molecule has 0 radical (unpaired) electrons. The molecule has 3 N–H and O–H groups in total. The van der Waals surface area contributed by atoms with Crippen molar-refractivity contribution < 1.29 is 23.1 Å². The monoisotopic (exact) mass is 285 g/mol. The number of carboxylic acids is 1. The number of aromatic nitrogens is 2. The van der Waals surface area contributed by atoms with E-state index in [0.717, 1.165) is 12.1 Å². The number of halogens is 3. The van der Waals surface area contributed by atoms with Crippen molar-refractivity contribution in [2.24, 2.45) is 0 Å². The van der Waals surface area contributed by atoms with Gasteiger partial charge in [-0.3, -0.25) is 4.79 Å². The van der Waals surface area contributed by atoms with Crippen molar-refractivity contribution in [2.75, 3.05) is 5.73 Å². The van der Waals surface area contributed by atoms with Crippen LogP contribution in [0.15, 0.2) is 30.5 Å². The van der Waals surface area contributed by atoms with Gasteiger partial charge in [-0.25, -0.2) is 4.68 Å². The van der Waals surface area contributed by atoms with E-state index in [4.69, 9.17) is 10.8 Å². The second kappa shape index (κ2) is 4.87. The number of rotatable bonds is 3. The molecular formula is C12H10F3N3O2. The molecule has 2 aromatic rings. The lowest BCUT2D eigenvalue weighted by Crippen LogP contribution is -2.07. The molecule has 0 saturated carbocycles. The lowest BCUT2D eigenvalue weighted by atomic mass is 10.2. The van der Waals surface area contributed by atoms with Gasteiger partial charge in [0.05, 0.1) is 23.9 Å². The maximum Gasteiger partial charge on any atom is 0.416 e. The highest BCUT2D eigenvalue weighted by atomic mass is 19.4. The zero-order valence-electron chi connectivity index (χ0n) is 10.1. The number of hydrogen-bond acceptors (Lipinski definition) is 3. The Morgan fingerprint density at radius 3 is 2.40 bits per heavy atom. The van der Waals surface area contributed by atoms with Gasteiger partial charge in [0.1, 0.15) is 5.82 Å². The maximum absolute atomic E-state index is 12.4. The maximum atomic E-state index is 12.4. The highest BCUT2D eigenvalue weighted by Gasteiger charge is 2.30. The number of alkyl halides is 3. The highest BCUT2D eigenvalue weighted by molar-refractivity contribution is 5.72. The largest absolute Gasteiger partial charge is 0.481 e. The molecule has 0 spiro atoms. The minimum atomic E-state index is -4.41. The number of hydrogen-bond donors (Lipinski definition) is 2. The molecule has 1 aromatic carbocycles. The van der Waals surface area contributed by atoms with E-state index >= 15 is 0 Å². The van der Waals surface area contributed by atoms with Crippen LogP contribution in [-0.4, -0.2) is 20.9 Å². The molecule has 106 valence electrons. The molecule has 1 aromatic heterocycles. The number of nitrogens with two attached hydrogens (primary N) is 1. The van der Waals surface area contributed by atoms with E-state index in [9.17, 15) is 18.0 Å². The van der Waals surface area contributed by atoms with E-state index in [2.05, 4.69) is 5.10 Å². The number of benzene rings is 1. The molecule has 0 unspecified atom stereocenters. The third kappa shape index (κ3) is 2.73. The smallest absolute Gasteiger partial charge is 0.416 e. The number of nitrogen functional groups attached to an aromatic ring is 1. The van der Waals surface area contributed by atoms with E-state index in [1.54, 1.807) is 0 Å². The molecule has 0 saturated heterocycles. The van der Waals surface area contributed by atoms with Crippen LogP contribution in [0.2, 0.25) is 0 Å². The second-order valence-corrected chi connectivity index (χ2v) is 4.08. The average molecular weight is 285 g/mol. The van der Waals surface area contributed by atoms with Crippen molar-refractivity contribution in [2.45, 2.75) is 12.6 Å². The van der Waals surface area contributed by atoms with Crippen LogP contribution in [-0.2, 0) is 17.4 Å². The van der Waals surface area contributed by atoms with Crippen LogP contribution in [0, 0.1) is 0 Å². The van der Waals surface area contributed by atoms with Gasteiger partial charge in [0.2, 0.25) is 0 Å². The summed E-state index contributed by atoms with van der Waals surface area (Å²) in [6.07, 6.45) is -3.43. The zero-order valence-corrected chi connectivity index (χ0v) is 10.1. The van der Waals surface area contributed by atoms with E-state index < -0.39 is 17.7 Å². The van der Waals surface area contributed by atoms with E-state index in [0.29, 0.717) is 11.3 Å². The van der Waals surface area contributed by atoms with Crippen LogP contribution < -0.4 is 5.73 Å². The summed E-state index contributed by atoms with van der Waals surface area (Å²) in [7, 11) is 0. The zero-order chi connectivity index (χ0) is 14.9. The van der Waals surface area contributed by atoms with Gasteiger partial charge in [0.15, 0.2) is 0 Å². The van der Waals surface area contributed by atoms with Gasteiger partial charge in [0.25, 0.3) is 0 Å². The Labute approximate surface area is 111 Å². The summed E-state index contributed by atoms with van der Waals surface area (Å²) in [6.45, 7) is 0. The lowest BCUT2D eigenvalue weighted by molar-refractivity contribution is -0.138. The molecule has 0 atom stereocenters. The number of carboxylic acid groups (broad SMARTS) is 1. The topological polar surface area (TPSA) is 81.1 Å². The fourth-order valence-corrected chi connectivity index (χ4v) is 1.69. The summed E-state index contributed by atoms with van der Waals surface area (Å²) < 4.78 is 38.5. The standard InChI is InChI=1S/C12H10F3N3O2/c13-12(14,15)8-1-3-9(4-2-8)18-11(16)7(6-17-18)5-10(19)20/h1-4,6H,5,16H2,(H,19,20). The Hall–Kier alpha value is -2.51. The van der Waals surface area contributed by atoms with Crippen LogP contribution in [0.25, 0.3) is 5.69 Å². The predicted octanol–water partition coefficient (Wildman–Crippen LogP) is 2.10. The molecule has 0 aliphatic carbocycles. The van der Waals surface area contributed by atoms with Gasteiger partial charge >= 0.3 is 12.1 Å². The second-order valence-electron chi connectivity index (χ2n) is 4.08. The van der Waals surface area contributed by atoms with E-state index in [-0.39, 0.29) is 12.2 Å². The van der Waals surface area contributed by atoms with Crippen LogP contribution in [0.3, 0.4) is 0 Å². The molecule has 0 bridgehead atoms. The molecule has 20 heavy (non-hydrogen) atoms. The minimum Gasteiger partial charge on any atom is -0.481 e. The quantitative estimate of drug-likeness (QED) is 0.905. The van der Waals surface area contributed by atoms with Crippen molar-refractivity contribution in [1.29, 1.82) is 0 Å². The number of anilines is 1. The normalized spacial score (nSPS) is 11.6. The molecule has 8 heteroatoms. The molecule has 0 aliphatic rings. The van der Waals surface area contributed by atoms with Crippen LogP contribution >= 0.6 is 0 Å². The van der Waals surface area contributed by atoms with Crippen molar-refractivity contribution in [3.8, 4) is 5.69 Å². The first-order chi connectivity index (χ1) is 9.29. The molecule has 1 heterocycles. The molecule has 5 nitrogen and oxygen atoms in total. The first kappa shape index (κ1) is 13.9. The Balaban J connectivity index is 2.33. The summed E-state index contributed by atoms with van der Waals surface area (Å²) in [6, 6.07) is 4.26. The SMILES string of the molecule is Nc1c(CC(=O)O)cnn1-c1ccc(C(F)(F)F)cc1. The van der Waals surface area contributed by atoms with Gasteiger partial charge in [-0.2, -0.15) is 18.3 Å². The van der Waals surface area contributed by atoms with Gasteiger partial charge < -0.3 is 10.8 Å². The Morgan fingerprint density at radius 1 is 1.30 bits per heavy atom. The third-order valence-electron chi connectivity index (χ3n) is 2.67. The van der Waals surface area contributed by atoms with Crippen LogP contribution in [0.5, 0.6) is 0 Å². The summed E-state index contributed by atoms with van der Waals surface area (Å²) in [5, 5.41) is 12.6. The Morgan fingerprint density at radius 2 is 1.90 bits per heavy atom. The summed E-state index contributed by atoms with van der Waals surface area (Å²) in [5.41, 5.74) is 5.57. The van der Waals surface area contributed by atoms with Crippen LogP contribution in [0.1, 0.15) is 11.1 Å². The average Bonchev–Trinajstić information content (AvgIpc) is 2.69. The molecule has 0 amide bonds. The van der Waals surface area contributed by atoms with E-state index in [1.165, 1.54) is 23.0 Å². The van der Waals surface area contributed by atoms with Crippen molar-refractivity contribution >= 4 is 11.8 Å². The summed E-state index contributed by atoms with van der Waals surface area (Å²) >= 11 is 0. The highest BCUT2D eigenvalue weighted by Crippen LogP contribution is 2.30. The van der Waals surface area contributed by atoms with Gasteiger partial charge in [-0.15, -0.1) is 0 Å². The first-order valence-electron chi connectivity index (χ1n) is 5.51. The van der Waals surface area contributed by atoms with E-state index in [1.807, 2.05) is 0 Å². The van der Waals surface area contributed by atoms with Crippen molar-refractivity contribution in [3.05, 3.63) is 41.6 Å². The van der Waals surface area contributed by atoms with Crippen molar-refractivity contribution in [1.82, 2.24) is 9.78 Å². The lowest BCUT2D eigenvalue weighted by Gasteiger charge is -2.08. The number of carbonyl (C=O) groups is 1. The Bertz CT molecular complexity index is 632. The van der Waals surface area contributed by atoms with Gasteiger partial charge in [-0.05, 0) is 24.3 Å². The van der Waals surface area contributed by atoms with Crippen molar-refractivity contribution in [3.63, 3.8) is 0 Å². The molecule has 0 aliphatic heterocycles. The van der Waals surface area contributed by atoms with Gasteiger partial charge in [-0.1, -0.05) is 0 Å². The summed E-state index contributed by atoms with van der Waals surface area (Å²) in [5.74, 6) is -0.976. The fourth-order valence-electron chi connectivity index (χ4n) is 1.69. The Kier molecular flexibility index (Phi) is 3.39. The number of nitrogens with zero attached hydrogens (tertiary/aromatic N) is 2. The fraction of sp³-hybridized carbons (Fsp3) is 0.167. The minimum absolute atomic E-state index is 0.0900.